The zero-order valence-electron chi connectivity index (χ0n) is 28.9. The zero-order chi connectivity index (χ0) is 34.4. The summed E-state index contributed by atoms with van der Waals surface area (Å²) in [5.74, 6) is 0. The van der Waals surface area contributed by atoms with Crippen LogP contribution >= 0.6 is 22.7 Å². The molecule has 0 bridgehead atoms. The summed E-state index contributed by atoms with van der Waals surface area (Å²) in [6.07, 6.45) is 14.0. The van der Waals surface area contributed by atoms with E-state index in [1.54, 1.807) is 0 Å². The lowest BCUT2D eigenvalue weighted by Crippen LogP contribution is -2.33. The minimum Gasteiger partial charge on any atom is -0.337 e. The van der Waals surface area contributed by atoms with E-state index >= 15 is 0 Å². The van der Waals surface area contributed by atoms with Gasteiger partial charge in [0.05, 0.1) is 26.8 Å². The minimum absolute atomic E-state index is 0.231. The molecule has 4 heteroatoms. The molecule has 0 aliphatic heterocycles. The second-order valence-electron chi connectivity index (χ2n) is 13.9. The number of benzene rings is 6. The fraction of sp³-hybridized carbons (Fsp3) is 0.125. The summed E-state index contributed by atoms with van der Waals surface area (Å²) in [7, 11) is 0. The van der Waals surface area contributed by atoms with Crippen molar-refractivity contribution in [3.05, 3.63) is 181 Å². The van der Waals surface area contributed by atoms with E-state index in [1.165, 1.54) is 74.2 Å². The van der Waals surface area contributed by atoms with Gasteiger partial charge in [-0.2, -0.15) is 0 Å². The summed E-state index contributed by atoms with van der Waals surface area (Å²) in [6, 6.07) is 53.9. The summed E-state index contributed by atoms with van der Waals surface area (Å²) >= 11 is 3.83. The van der Waals surface area contributed by atoms with Gasteiger partial charge in [0.1, 0.15) is 0 Å². The number of anilines is 4. The maximum atomic E-state index is 2.62. The lowest BCUT2D eigenvalue weighted by molar-refractivity contribution is 0.580. The van der Waals surface area contributed by atoms with Gasteiger partial charge in [-0.25, -0.2) is 0 Å². The van der Waals surface area contributed by atoms with Gasteiger partial charge in [-0.1, -0.05) is 121 Å². The molecular formula is C48H38N2S2. The predicted molar refractivity (Wildman–Crippen MR) is 227 cm³/mol. The molecule has 0 radical (unpaired) electrons. The molecule has 0 saturated heterocycles. The standard InChI is InChI=1S/C48H38N2S2/c1-3-13-35(14-4-1)49(43-21-11-19-41-39-17-7-9-23-45(39)51-47(41)43)37-29-25-33(26-30-37)34-27-31-38(32-28-34)50(36-15-5-2-6-16-36)44-22-12-20-42-40-18-8-10-24-46(40)52-48(42)44/h1-27,29,37-38H,28,30-32H2. The maximum Gasteiger partial charge on any atom is 0.0598 e. The topological polar surface area (TPSA) is 6.48 Å². The predicted octanol–water partition coefficient (Wildman–Crippen LogP) is 14.1. The van der Waals surface area contributed by atoms with Crippen LogP contribution in [0.4, 0.5) is 22.7 Å². The largest absolute Gasteiger partial charge is 0.337 e. The van der Waals surface area contributed by atoms with Gasteiger partial charge in [0.2, 0.25) is 0 Å². The normalized spacial score (nSPS) is 17.5. The van der Waals surface area contributed by atoms with Gasteiger partial charge in [0.15, 0.2) is 0 Å². The van der Waals surface area contributed by atoms with E-state index in [2.05, 4.69) is 180 Å². The molecule has 2 aliphatic carbocycles. The van der Waals surface area contributed by atoms with Crippen LogP contribution in [0.2, 0.25) is 0 Å². The molecule has 0 spiro atoms. The third-order valence-electron chi connectivity index (χ3n) is 10.9. The zero-order valence-corrected chi connectivity index (χ0v) is 30.5. The first-order chi connectivity index (χ1) is 25.8. The van der Waals surface area contributed by atoms with Gasteiger partial charge < -0.3 is 9.80 Å². The number of hydrogen-bond acceptors (Lipinski definition) is 4. The molecule has 2 aromatic heterocycles. The Morgan fingerprint density at radius 2 is 1.02 bits per heavy atom. The van der Waals surface area contributed by atoms with Crippen molar-refractivity contribution in [3.63, 3.8) is 0 Å². The molecule has 6 aromatic carbocycles. The molecule has 8 aromatic rings. The molecule has 2 heterocycles. The Bertz CT molecular complexity index is 2660. The Hall–Kier alpha value is -5.42. The van der Waals surface area contributed by atoms with E-state index < -0.39 is 0 Å². The number of rotatable bonds is 7. The van der Waals surface area contributed by atoms with Crippen molar-refractivity contribution in [1.29, 1.82) is 0 Å². The molecule has 0 amide bonds. The van der Waals surface area contributed by atoms with Crippen molar-refractivity contribution >= 4 is 85.8 Å². The molecule has 10 rings (SSSR count). The van der Waals surface area contributed by atoms with Crippen molar-refractivity contribution in [1.82, 2.24) is 0 Å². The van der Waals surface area contributed by atoms with Gasteiger partial charge in [-0.15, -0.1) is 22.7 Å². The average Bonchev–Trinajstić information content (AvgIpc) is 3.79. The maximum absolute atomic E-state index is 2.62. The minimum atomic E-state index is 0.231. The van der Waals surface area contributed by atoms with Crippen LogP contribution in [0.3, 0.4) is 0 Å². The van der Waals surface area contributed by atoms with Crippen LogP contribution in [0, 0.1) is 0 Å². The molecule has 52 heavy (non-hydrogen) atoms. The van der Waals surface area contributed by atoms with E-state index in [9.17, 15) is 0 Å². The summed E-state index contributed by atoms with van der Waals surface area (Å²) in [6.45, 7) is 0. The Morgan fingerprint density at radius 3 is 1.58 bits per heavy atom. The van der Waals surface area contributed by atoms with Crippen molar-refractivity contribution in [2.45, 2.75) is 37.8 Å². The number of allylic oxidation sites excluding steroid dienone is 3. The molecule has 252 valence electrons. The smallest absolute Gasteiger partial charge is 0.0598 e. The highest BCUT2D eigenvalue weighted by atomic mass is 32.1. The molecule has 2 aliphatic rings. The highest BCUT2D eigenvalue weighted by Crippen LogP contribution is 2.46. The van der Waals surface area contributed by atoms with Crippen molar-refractivity contribution < 1.29 is 0 Å². The van der Waals surface area contributed by atoms with Crippen LogP contribution in [-0.4, -0.2) is 12.1 Å². The van der Waals surface area contributed by atoms with Crippen LogP contribution in [-0.2, 0) is 0 Å². The third-order valence-corrected chi connectivity index (χ3v) is 13.3. The number of fused-ring (bicyclic) bond motifs is 6. The monoisotopic (exact) mass is 706 g/mol. The Morgan fingerprint density at radius 1 is 0.481 bits per heavy atom. The summed E-state index contributed by atoms with van der Waals surface area (Å²) < 4.78 is 5.42. The highest BCUT2D eigenvalue weighted by molar-refractivity contribution is 7.26. The van der Waals surface area contributed by atoms with E-state index in [1.807, 2.05) is 22.7 Å². The van der Waals surface area contributed by atoms with Crippen molar-refractivity contribution in [3.8, 4) is 0 Å². The third kappa shape index (κ3) is 5.46. The van der Waals surface area contributed by atoms with Gasteiger partial charge in [0, 0.05) is 48.4 Å². The van der Waals surface area contributed by atoms with E-state index in [4.69, 9.17) is 0 Å². The van der Waals surface area contributed by atoms with E-state index in [-0.39, 0.29) is 6.04 Å². The van der Waals surface area contributed by atoms with Crippen molar-refractivity contribution in [2.75, 3.05) is 9.80 Å². The Labute approximate surface area is 312 Å². The quantitative estimate of drug-likeness (QED) is 0.163. The van der Waals surface area contributed by atoms with Crippen LogP contribution in [0.1, 0.15) is 25.7 Å². The lowest BCUT2D eigenvalue weighted by Gasteiger charge is -2.37. The SMILES string of the molecule is C1=CC(N(c2ccccc2)c2cccc3c2sc2ccccc23)CC=C1C1=CCC(N(c2ccccc2)c2cccc3c2sc2ccccc23)CC1. The van der Waals surface area contributed by atoms with E-state index in [0.29, 0.717) is 6.04 Å². The number of thiophene rings is 2. The fourth-order valence-electron chi connectivity index (χ4n) is 8.43. The molecular weight excluding hydrogens is 669 g/mol. The number of para-hydroxylation sites is 2. The molecule has 0 saturated carbocycles. The van der Waals surface area contributed by atoms with Crippen molar-refractivity contribution in [2.24, 2.45) is 0 Å². The summed E-state index contributed by atoms with van der Waals surface area (Å²) in [5.41, 5.74) is 7.97. The van der Waals surface area contributed by atoms with Crippen LogP contribution in [0.25, 0.3) is 40.3 Å². The second kappa shape index (κ2) is 13.3. The van der Waals surface area contributed by atoms with Crippen LogP contribution in [0.5, 0.6) is 0 Å². The summed E-state index contributed by atoms with van der Waals surface area (Å²) in [4.78, 5) is 5.18. The molecule has 2 nitrogen and oxygen atoms in total. The van der Waals surface area contributed by atoms with Gasteiger partial charge in [-0.3, -0.25) is 0 Å². The number of hydrogen-bond donors (Lipinski definition) is 0. The molecule has 2 atom stereocenters. The van der Waals surface area contributed by atoms with Crippen LogP contribution < -0.4 is 9.80 Å². The summed E-state index contributed by atoms with van der Waals surface area (Å²) in [5, 5.41) is 5.38. The van der Waals surface area contributed by atoms with Crippen LogP contribution in [0.15, 0.2) is 181 Å². The van der Waals surface area contributed by atoms with Gasteiger partial charge in [-0.05, 0) is 85.4 Å². The second-order valence-corrected chi connectivity index (χ2v) is 16.0. The highest BCUT2D eigenvalue weighted by Gasteiger charge is 2.28. The fourth-order valence-corrected chi connectivity index (χ4v) is 10.9. The first-order valence-electron chi connectivity index (χ1n) is 18.4. The number of nitrogens with zero attached hydrogens (tertiary/aromatic N) is 2. The first kappa shape index (κ1) is 31.3. The van der Waals surface area contributed by atoms with E-state index in [0.717, 1.165) is 25.7 Å². The first-order valence-corrected chi connectivity index (χ1v) is 20.0. The lowest BCUT2D eigenvalue weighted by atomic mass is 9.86. The molecule has 0 fully saturated rings. The Kier molecular flexibility index (Phi) is 8.00. The average molecular weight is 707 g/mol. The molecule has 0 N–H and O–H groups in total. The van der Waals surface area contributed by atoms with Gasteiger partial charge >= 0.3 is 0 Å². The Balaban J connectivity index is 0.951. The van der Waals surface area contributed by atoms with Gasteiger partial charge in [0.25, 0.3) is 0 Å². The molecule has 2 unspecified atom stereocenters.